The summed E-state index contributed by atoms with van der Waals surface area (Å²) in [6.07, 6.45) is 4.25. The fourth-order valence-electron chi connectivity index (χ4n) is 2.29. The summed E-state index contributed by atoms with van der Waals surface area (Å²) in [5.74, 6) is 0.944. The first-order chi connectivity index (χ1) is 10.2. The van der Waals surface area contributed by atoms with E-state index in [0.29, 0.717) is 0 Å². The highest BCUT2D eigenvalue weighted by Crippen LogP contribution is 2.24. The van der Waals surface area contributed by atoms with E-state index >= 15 is 0 Å². The number of ether oxygens (including phenoxy) is 1. The second-order valence-electron chi connectivity index (χ2n) is 5.81. The van der Waals surface area contributed by atoms with Crippen molar-refractivity contribution in [2.75, 3.05) is 19.8 Å². The maximum Gasteiger partial charge on any atom is 0.119 e. The van der Waals surface area contributed by atoms with E-state index < -0.39 is 0 Å². The lowest BCUT2D eigenvalue weighted by Crippen LogP contribution is -2.36. The molecule has 0 spiro atoms. The van der Waals surface area contributed by atoms with E-state index in [-0.39, 0.29) is 12.0 Å². The van der Waals surface area contributed by atoms with Gasteiger partial charge in [-0.15, -0.1) is 0 Å². The molecule has 1 aromatic rings. The molecule has 0 unspecified atom stereocenters. The summed E-state index contributed by atoms with van der Waals surface area (Å²) in [6.45, 7) is 9.17. The van der Waals surface area contributed by atoms with Gasteiger partial charge in [0, 0.05) is 25.1 Å². The molecule has 21 heavy (non-hydrogen) atoms. The van der Waals surface area contributed by atoms with E-state index in [1.54, 1.807) is 0 Å². The predicted octanol–water partition coefficient (Wildman–Crippen LogP) is 3.75. The van der Waals surface area contributed by atoms with Crippen LogP contribution in [0.4, 0.5) is 0 Å². The summed E-state index contributed by atoms with van der Waals surface area (Å²) in [4.78, 5) is 0. The van der Waals surface area contributed by atoms with Crippen molar-refractivity contribution in [1.29, 1.82) is 0 Å². The second kappa shape index (κ2) is 9.80. The Kier molecular flexibility index (Phi) is 8.40. The lowest BCUT2D eigenvalue weighted by Gasteiger charge is -2.29. The number of benzene rings is 1. The van der Waals surface area contributed by atoms with Crippen LogP contribution in [0.1, 0.15) is 52.0 Å². The van der Waals surface area contributed by atoms with E-state index in [1.807, 2.05) is 12.1 Å². The molecule has 1 aromatic carbocycles. The summed E-state index contributed by atoms with van der Waals surface area (Å²) in [5, 5.41) is 13.0. The van der Waals surface area contributed by atoms with Gasteiger partial charge in [-0.05, 0) is 37.0 Å². The molecule has 120 valence electrons. The van der Waals surface area contributed by atoms with Crippen molar-refractivity contribution >= 4 is 0 Å². The molecule has 3 heteroatoms. The van der Waals surface area contributed by atoms with Crippen LogP contribution in [0.5, 0.6) is 5.75 Å². The molecule has 0 aliphatic carbocycles. The van der Waals surface area contributed by atoms with Crippen LogP contribution in [0, 0.1) is 5.41 Å². The van der Waals surface area contributed by atoms with Gasteiger partial charge in [0.1, 0.15) is 5.75 Å². The first-order valence-electron chi connectivity index (χ1n) is 8.23. The topological polar surface area (TPSA) is 41.5 Å². The van der Waals surface area contributed by atoms with Gasteiger partial charge in [-0.25, -0.2) is 0 Å². The van der Waals surface area contributed by atoms with Crippen molar-refractivity contribution in [3.8, 4) is 5.75 Å². The molecular weight excluding hydrogens is 262 g/mol. The number of hydrogen-bond acceptors (Lipinski definition) is 3. The number of aliphatic hydroxyl groups excluding tert-OH is 1. The van der Waals surface area contributed by atoms with Gasteiger partial charge >= 0.3 is 0 Å². The monoisotopic (exact) mass is 293 g/mol. The summed E-state index contributed by atoms with van der Waals surface area (Å²) in [7, 11) is 0. The maximum atomic E-state index is 9.56. The largest absolute Gasteiger partial charge is 0.494 e. The molecule has 2 N–H and O–H groups in total. The number of unbranched alkanes of at least 4 members (excludes halogenated alkanes) is 1. The Balaban J connectivity index is 2.38. The molecule has 0 aromatic heterocycles. The van der Waals surface area contributed by atoms with Crippen LogP contribution in [-0.4, -0.2) is 24.9 Å². The van der Waals surface area contributed by atoms with E-state index in [1.165, 1.54) is 5.56 Å². The summed E-state index contributed by atoms with van der Waals surface area (Å²) < 4.78 is 5.66. The predicted molar refractivity (Wildman–Crippen MR) is 88.7 cm³/mol. The molecule has 0 bridgehead atoms. The molecule has 0 atom stereocenters. The highest BCUT2D eigenvalue weighted by atomic mass is 16.5. The summed E-state index contributed by atoms with van der Waals surface area (Å²) in [5.41, 5.74) is 1.26. The molecule has 0 aliphatic heterocycles. The molecule has 0 amide bonds. The fraction of sp³-hybridized carbons (Fsp3) is 0.667. The molecule has 0 heterocycles. The Morgan fingerprint density at radius 3 is 2.29 bits per heavy atom. The van der Waals surface area contributed by atoms with Gasteiger partial charge in [0.15, 0.2) is 0 Å². The summed E-state index contributed by atoms with van der Waals surface area (Å²) >= 11 is 0. The van der Waals surface area contributed by atoms with Crippen LogP contribution in [0.2, 0.25) is 0 Å². The first kappa shape index (κ1) is 18.0. The average Bonchev–Trinajstić information content (AvgIpc) is 2.54. The highest BCUT2D eigenvalue weighted by molar-refractivity contribution is 5.27. The molecule has 1 rings (SSSR count). The molecule has 0 aliphatic rings. The molecule has 0 saturated heterocycles. The van der Waals surface area contributed by atoms with Gasteiger partial charge in [-0.1, -0.05) is 39.3 Å². The van der Waals surface area contributed by atoms with Gasteiger partial charge in [0.2, 0.25) is 0 Å². The molecule has 0 saturated carbocycles. The van der Waals surface area contributed by atoms with Gasteiger partial charge < -0.3 is 15.2 Å². The van der Waals surface area contributed by atoms with E-state index in [4.69, 9.17) is 4.74 Å². The number of rotatable bonds is 11. The first-order valence-corrected chi connectivity index (χ1v) is 8.23. The van der Waals surface area contributed by atoms with Gasteiger partial charge in [-0.2, -0.15) is 0 Å². The van der Waals surface area contributed by atoms with E-state index in [2.05, 4.69) is 38.2 Å². The van der Waals surface area contributed by atoms with Crippen LogP contribution >= 0.6 is 0 Å². The Labute approximate surface area is 129 Å². The third-order valence-electron chi connectivity index (χ3n) is 4.35. The second-order valence-corrected chi connectivity index (χ2v) is 5.81. The van der Waals surface area contributed by atoms with Crippen molar-refractivity contribution in [3.63, 3.8) is 0 Å². The maximum absolute atomic E-state index is 9.56. The third-order valence-corrected chi connectivity index (χ3v) is 4.35. The fourth-order valence-corrected chi connectivity index (χ4v) is 2.29. The Morgan fingerprint density at radius 1 is 1.10 bits per heavy atom. The van der Waals surface area contributed by atoms with Crippen LogP contribution in [0.25, 0.3) is 0 Å². The van der Waals surface area contributed by atoms with Crippen LogP contribution in [0.3, 0.4) is 0 Å². The minimum absolute atomic E-state index is 0.0171. The standard InChI is InChI=1S/C18H31NO2/c1-4-7-12-21-17-10-8-16(9-11-17)13-19-14-18(5-2,6-3)15-20/h8-11,19-20H,4-7,12-15H2,1-3H3. The van der Waals surface area contributed by atoms with Crippen LogP contribution in [0.15, 0.2) is 24.3 Å². The van der Waals surface area contributed by atoms with Crippen molar-refractivity contribution in [2.24, 2.45) is 5.41 Å². The molecular formula is C18H31NO2. The van der Waals surface area contributed by atoms with E-state index in [9.17, 15) is 5.11 Å². The van der Waals surface area contributed by atoms with Crippen molar-refractivity contribution in [2.45, 2.75) is 53.0 Å². The van der Waals surface area contributed by atoms with Crippen molar-refractivity contribution in [1.82, 2.24) is 5.32 Å². The average molecular weight is 293 g/mol. The Morgan fingerprint density at radius 2 is 1.76 bits per heavy atom. The minimum atomic E-state index is 0.0171. The quantitative estimate of drug-likeness (QED) is 0.610. The molecule has 3 nitrogen and oxygen atoms in total. The minimum Gasteiger partial charge on any atom is -0.494 e. The highest BCUT2D eigenvalue weighted by Gasteiger charge is 2.24. The van der Waals surface area contributed by atoms with E-state index in [0.717, 1.165) is 51.1 Å². The molecule has 0 radical (unpaired) electrons. The zero-order valence-electron chi connectivity index (χ0n) is 13.8. The Bertz CT molecular complexity index is 363. The Hall–Kier alpha value is -1.06. The van der Waals surface area contributed by atoms with Gasteiger partial charge in [0.05, 0.1) is 6.61 Å². The van der Waals surface area contributed by atoms with Crippen molar-refractivity contribution in [3.05, 3.63) is 29.8 Å². The summed E-state index contributed by atoms with van der Waals surface area (Å²) in [6, 6.07) is 8.27. The normalized spacial score (nSPS) is 11.6. The van der Waals surface area contributed by atoms with Crippen molar-refractivity contribution < 1.29 is 9.84 Å². The van der Waals surface area contributed by atoms with Gasteiger partial charge in [-0.3, -0.25) is 0 Å². The zero-order valence-corrected chi connectivity index (χ0v) is 13.8. The lowest BCUT2D eigenvalue weighted by atomic mass is 9.83. The number of nitrogens with one attached hydrogen (secondary N) is 1. The zero-order chi connectivity index (χ0) is 15.6. The number of aliphatic hydroxyl groups is 1. The lowest BCUT2D eigenvalue weighted by molar-refractivity contribution is 0.113. The van der Waals surface area contributed by atoms with Crippen LogP contribution in [-0.2, 0) is 6.54 Å². The van der Waals surface area contributed by atoms with Gasteiger partial charge in [0.25, 0.3) is 0 Å². The molecule has 0 fully saturated rings. The third kappa shape index (κ3) is 6.06. The smallest absolute Gasteiger partial charge is 0.119 e. The number of hydrogen-bond donors (Lipinski definition) is 2. The van der Waals surface area contributed by atoms with Crippen LogP contribution < -0.4 is 10.1 Å². The SMILES string of the molecule is CCCCOc1ccc(CNCC(CC)(CC)CO)cc1.